The Morgan fingerprint density at radius 2 is 1.88 bits per heavy atom. The molecule has 25 heavy (non-hydrogen) atoms. The van der Waals surface area contributed by atoms with Crippen molar-refractivity contribution in [3.05, 3.63) is 90.4 Å². The minimum Gasteiger partial charge on any atom is -0.347 e. The van der Waals surface area contributed by atoms with Gasteiger partial charge in [0.25, 0.3) is 0 Å². The van der Waals surface area contributed by atoms with E-state index in [1.807, 2.05) is 24.7 Å². The molecule has 0 amide bonds. The highest BCUT2D eigenvalue weighted by molar-refractivity contribution is 5.84. The molecule has 0 aliphatic rings. The van der Waals surface area contributed by atoms with Crippen LogP contribution in [-0.4, -0.2) is 14.1 Å². The molecule has 0 fully saturated rings. The van der Waals surface area contributed by atoms with Gasteiger partial charge in [0.2, 0.25) is 0 Å². The lowest BCUT2D eigenvalue weighted by Crippen LogP contribution is -2.13. The molecular formula is C21H20FN3. The van der Waals surface area contributed by atoms with E-state index in [9.17, 15) is 4.39 Å². The molecule has 0 saturated heterocycles. The molecule has 4 aromatic rings. The maximum Gasteiger partial charge on any atom is 0.123 e. The van der Waals surface area contributed by atoms with E-state index in [4.69, 9.17) is 0 Å². The standard InChI is InChI=1S/C21H20FN3/c1-2-24-12-10-17-4-3-5-19(21(17)24)20(25-13-11-23-15-25)14-16-6-8-18(22)9-7-16/h3-13,15,20H,2,14H2,1H3. The number of imidazole rings is 1. The van der Waals surface area contributed by atoms with E-state index in [2.05, 4.69) is 51.5 Å². The van der Waals surface area contributed by atoms with Gasteiger partial charge in [-0.3, -0.25) is 0 Å². The summed E-state index contributed by atoms with van der Waals surface area (Å²) in [5.41, 5.74) is 3.61. The van der Waals surface area contributed by atoms with Crippen LogP contribution in [0.25, 0.3) is 10.9 Å². The highest BCUT2D eigenvalue weighted by Crippen LogP contribution is 2.30. The Kier molecular flexibility index (Phi) is 4.10. The number of aromatic nitrogens is 3. The molecule has 0 saturated carbocycles. The number of hydrogen-bond acceptors (Lipinski definition) is 1. The fourth-order valence-corrected chi connectivity index (χ4v) is 3.50. The first-order valence-corrected chi connectivity index (χ1v) is 8.56. The number of aryl methyl sites for hydroxylation is 1. The molecule has 0 aliphatic carbocycles. The first kappa shape index (κ1) is 15.6. The van der Waals surface area contributed by atoms with E-state index in [1.165, 1.54) is 28.6 Å². The number of rotatable bonds is 5. The normalized spacial score (nSPS) is 12.6. The van der Waals surface area contributed by atoms with Crippen molar-refractivity contribution in [1.29, 1.82) is 0 Å². The maximum absolute atomic E-state index is 13.3. The van der Waals surface area contributed by atoms with Crippen molar-refractivity contribution >= 4 is 10.9 Å². The molecule has 126 valence electrons. The van der Waals surface area contributed by atoms with Crippen molar-refractivity contribution in [2.45, 2.75) is 25.9 Å². The zero-order valence-corrected chi connectivity index (χ0v) is 14.1. The lowest BCUT2D eigenvalue weighted by molar-refractivity contribution is 0.579. The van der Waals surface area contributed by atoms with Crippen LogP contribution in [0.15, 0.2) is 73.4 Å². The third-order valence-electron chi connectivity index (χ3n) is 4.75. The van der Waals surface area contributed by atoms with Crippen molar-refractivity contribution in [1.82, 2.24) is 14.1 Å². The lowest BCUT2D eigenvalue weighted by Gasteiger charge is -2.21. The molecule has 0 aliphatic heterocycles. The zero-order valence-electron chi connectivity index (χ0n) is 14.1. The van der Waals surface area contributed by atoms with Crippen LogP contribution in [0, 0.1) is 5.82 Å². The topological polar surface area (TPSA) is 22.8 Å². The predicted octanol–water partition coefficient (Wildman–Crippen LogP) is 4.83. The number of benzene rings is 2. The largest absolute Gasteiger partial charge is 0.347 e. The first-order chi connectivity index (χ1) is 12.3. The van der Waals surface area contributed by atoms with Gasteiger partial charge in [-0.05, 0) is 48.1 Å². The van der Waals surface area contributed by atoms with Crippen molar-refractivity contribution in [2.24, 2.45) is 0 Å². The number of halogens is 1. The summed E-state index contributed by atoms with van der Waals surface area (Å²) < 4.78 is 17.7. The maximum atomic E-state index is 13.3. The van der Waals surface area contributed by atoms with Crippen LogP contribution in [0.1, 0.15) is 24.1 Å². The van der Waals surface area contributed by atoms with E-state index < -0.39 is 0 Å². The minimum atomic E-state index is -0.204. The van der Waals surface area contributed by atoms with E-state index >= 15 is 0 Å². The van der Waals surface area contributed by atoms with E-state index in [1.54, 1.807) is 6.20 Å². The minimum absolute atomic E-state index is 0.108. The number of fused-ring (bicyclic) bond motifs is 1. The van der Waals surface area contributed by atoms with E-state index in [0.717, 1.165) is 18.5 Å². The van der Waals surface area contributed by atoms with Crippen LogP contribution >= 0.6 is 0 Å². The van der Waals surface area contributed by atoms with Crippen LogP contribution in [-0.2, 0) is 13.0 Å². The summed E-state index contributed by atoms with van der Waals surface area (Å²) in [4.78, 5) is 4.23. The zero-order chi connectivity index (χ0) is 17.2. The molecule has 3 nitrogen and oxygen atoms in total. The first-order valence-electron chi connectivity index (χ1n) is 8.56. The third-order valence-corrected chi connectivity index (χ3v) is 4.75. The number of hydrogen-bond donors (Lipinski definition) is 0. The molecule has 2 heterocycles. The molecule has 2 aromatic carbocycles. The van der Waals surface area contributed by atoms with Crippen LogP contribution < -0.4 is 0 Å². The van der Waals surface area contributed by atoms with Gasteiger partial charge in [0.05, 0.1) is 17.9 Å². The Labute approximate surface area is 146 Å². The average Bonchev–Trinajstić information content (AvgIpc) is 3.30. The number of nitrogens with zero attached hydrogens (tertiary/aromatic N) is 3. The second-order valence-electron chi connectivity index (χ2n) is 6.24. The van der Waals surface area contributed by atoms with Crippen molar-refractivity contribution < 1.29 is 4.39 Å². The SMILES string of the molecule is CCn1ccc2cccc(C(Cc3ccc(F)cc3)n3ccnc3)c21. The fraction of sp³-hybridized carbons (Fsp3) is 0.190. The monoisotopic (exact) mass is 333 g/mol. The molecule has 0 N–H and O–H groups in total. The Balaban J connectivity index is 1.84. The third kappa shape index (κ3) is 2.95. The van der Waals surface area contributed by atoms with Crippen molar-refractivity contribution in [3.8, 4) is 0 Å². The molecule has 4 heteroatoms. The van der Waals surface area contributed by atoms with Crippen LogP contribution in [0.3, 0.4) is 0 Å². The van der Waals surface area contributed by atoms with Gasteiger partial charge in [0.1, 0.15) is 5.82 Å². The molecular weight excluding hydrogens is 313 g/mol. The van der Waals surface area contributed by atoms with Gasteiger partial charge >= 0.3 is 0 Å². The molecule has 0 bridgehead atoms. The van der Waals surface area contributed by atoms with Crippen molar-refractivity contribution in [3.63, 3.8) is 0 Å². The second-order valence-corrected chi connectivity index (χ2v) is 6.24. The van der Waals surface area contributed by atoms with Gasteiger partial charge in [-0.15, -0.1) is 0 Å². The average molecular weight is 333 g/mol. The van der Waals surface area contributed by atoms with Gasteiger partial charge in [0, 0.05) is 25.1 Å². The second kappa shape index (κ2) is 6.55. The summed E-state index contributed by atoms with van der Waals surface area (Å²) in [5, 5.41) is 1.24. The molecule has 1 atom stereocenters. The summed E-state index contributed by atoms with van der Waals surface area (Å²) in [6, 6.07) is 15.5. The van der Waals surface area contributed by atoms with Crippen molar-refractivity contribution in [2.75, 3.05) is 0 Å². The van der Waals surface area contributed by atoms with Gasteiger partial charge in [0.15, 0.2) is 0 Å². The summed E-state index contributed by atoms with van der Waals surface area (Å²) >= 11 is 0. The van der Waals surface area contributed by atoms with Crippen LogP contribution in [0.2, 0.25) is 0 Å². The Bertz CT molecular complexity index is 968. The summed E-state index contributed by atoms with van der Waals surface area (Å²) in [6.45, 7) is 3.08. The Hall–Kier alpha value is -2.88. The molecule has 0 radical (unpaired) electrons. The van der Waals surface area contributed by atoms with Gasteiger partial charge < -0.3 is 9.13 Å². The summed E-state index contributed by atoms with van der Waals surface area (Å²) in [6.07, 6.45) is 8.57. The van der Waals surface area contributed by atoms with Gasteiger partial charge in [-0.25, -0.2) is 9.37 Å². The Morgan fingerprint density at radius 1 is 1.04 bits per heavy atom. The van der Waals surface area contributed by atoms with Gasteiger partial charge in [-0.2, -0.15) is 0 Å². The fourth-order valence-electron chi connectivity index (χ4n) is 3.50. The highest BCUT2D eigenvalue weighted by atomic mass is 19.1. The predicted molar refractivity (Wildman–Crippen MR) is 98.1 cm³/mol. The summed E-state index contributed by atoms with van der Waals surface area (Å²) in [7, 11) is 0. The molecule has 4 rings (SSSR count). The van der Waals surface area contributed by atoms with E-state index in [-0.39, 0.29) is 11.9 Å². The summed E-state index contributed by atoms with van der Waals surface area (Å²) in [5.74, 6) is -0.204. The molecule has 2 aromatic heterocycles. The lowest BCUT2D eigenvalue weighted by atomic mass is 9.96. The highest BCUT2D eigenvalue weighted by Gasteiger charge is 2.18. The molecule has 0 spiro atoms. The van der Waals surface area contributed by atoms with Gasteiger partial charge in [-0.1, -0.05) is 30.3 Å². The van der Waals surface area contributed by atoms with E-state index in [0.29, 0.717) is 0 Å². The smallest absolute Gasteiger partial charge is 0.123 e. The Morgan fingerprint density at radius 3 is 2.60 bits per heavy atom. The van der Waals surface area contributed by atoms with Crippen LogP contribution in [0.4, 0.5) is 4.39 Å². The number of para-hydroxylation sites is 1. The van der Waals surface area contributed by atoms with Crippen LogP contribution in [0.5, 0.6) is 0 Å². The molecule has 1 unspecified atom stereocenters. The quantitative estimate of drug-likeness (QED) is 0.513.